The van der Waals surface area contributed by atoms with Crippen LogP contribution in [0.3, 0.4) is 0 Å². The summed E-state index contributed by atoms with van der Waals surface area (Å²) in [5.41, 5.74) is 0.928. The van der Waals surface area contributed by atoms with E-state index in [1.165, 1.54) is 4.90 Å². The highest BCUT2D eigenvalue weighted by Gasteiger charge is 2.36. The van der Waals surface area contributed by atoms with Gasteiger partial charge in [0.15, 0.2) is 0 Å². The van der Waals surface area contributed by atoms with E-state index < -0.39 is 0 Å². The molecule has 1 aliphatic heterocycles. The summed E-state index contributed by atoms with van der Waals surface area (Å²) in [6, 6.07) is 8.33. The van der Waals surface area contributed by atoms with Gasteiger partial charge < -0.3 is 5.32 Å². The Balaban J connectivity index is 1.43. The molecule has 4 rings (SSSR count). The van der Waals surface area contributed by atoms with E-state index in [4.69, 9.17) is 0 Å². The van der Waals surface area contributed by atoms with E-state index in [-0.39, 0.29) is 17.9 Å². The minimum absolute atomic E-state index is 0.00166. The number of aromatic nitrogens is 2. The van der Waals surface area contributed by atoms with Crippen molar-refractivity contribution in [3.8, 4) is 0 Å². The number of hydrogen-bond donors (Lipinski definition) is 1. The molecule has 0 bridgehead atoms. The van der Waals surface area contributed by atoms with E-state index in [9.17, 15) is 9.59 Å². The lowest BCUT2D eigenvalue weighted by Gasteiger charge is -2.34. The summed E-state index contributed by atoms with van der Waals surface area (Å²) in [4.78, 5) is 33.9. The summed E-state index contributed by atoms with van der Waals surface area (Å²) in [5.74, 6) is 0.855. The fourth-order valence-corrected chi connectivity index (χ4v) is 3.79. The molecule has 2 fully saturated rings. The lowest BCUT2D eigenvalue weighted by molar-refractivity contribution is -0.141. The highest BCUT2D eigenvalue weighted by Crippen LogP contribution is 2.29. The van der Waals surface area contributed by atoms with Gasteiger partial charge in [-0.3, -0.25) is 14.5 Å². The maximum absolute atomic E-state index is 11.9. The van der Waals surface area contributed by atoms with Crippen molar-refractivity contribution in [2.75, 3.05) is 5.32 Å². The number of anilines is 1. The van der Waals surface area contributed by atoms with E-state index >= 15 is 0 Å². The predicted molar refractivity (Wildman–Crippen MR) is 90.3 cm³/mol. The molecule has 24 heavy (non-hydrogen) atoms. The summed E-state index contributed by atoms with van der Waals surface area (Å²) in [6.45, 7) is 0. The Morgan fingerprint density at radius 1 is 0.958 bits per heavy atom. The minimum Gasteiger partial charge on any atom is -0.367 e. The van der Waals surface area contributed by atoms with Crippen LogP contribution in [0.15, 0.2) is 30.6 Å². The fraction of sp³-hybridized carbons (Fsp3) is 0.444. The van der Waals surface area contributed by atoms with E-state index in [0.717, 1.165) is 42.4 Å². The van der Waals surface area contributed by atoms with Crippen LogP contribution in [0.5, 0.6) is 0 Å². The van der Waals surface area contributed by atoms with Gasteiger partial charge in [-0.25, -0.2) is 9.97 Å². The molecule has 1 N–H and O–H groups in total. The molecule has 1 aromatic heterocycles. The zero-order valence-corrected chi connectivity index (χ0v) is 13.4. The van der Waals surface area contributed by atoms with Crippen molar-refractivity contribution in [1.29, 1.82) is 0 Å². The van der Waals surface area contributed by atoms with Crippen molar-refractivity contribution >= 4 is 28.5 Å². The number of benzene rings is 1. The van der Waals surface area contributed by atoms with Gasteiger partial charge in [0.25, 0.3) is 0 Å². The number of carbonyl (C=O) groups is 2. The van der Waals surface area contributed by atoms with Crippen LogP contribution in [0.4, 0.5) is 5.82 Å². The highest BCUT2D eigenvalue weighted by molar-refractivity contribution is 6.02. The molecule has 6 nitrogen and oxygen atoms in total. The molecule has 2 heterocycles. The number of nitrogens with one attached hydrogen (secondary N) is 1. The summed E-state index contributed by atoms with van der Waals surface area (Å²) < 4.78 is 0. The molecule has 1 aromatic carbocycles. The summed E-state index contributed by atoms with van der Waals surface area (Å²) in [5, 5.41) is 4.54. The van der Waals surface area contributed by atoms with Gasteiger partial charge in [0, 0.05) is 30.3 Å². The Morgan fingerprint density at radius 2 is 1.67 bits per heavy atom. The van der Waals surface area contributed by atoms with Crippen LogP contribution in [0.2, 0.25) is 0 Å². The Morgan fingerprint density at radius 3 is 2.42 bits per heavy atom. The smallest absolute Gasteiger partial charge is 0.229 e. The van der Waals surface area contributed by atoms with Gasteiger partial charge in [0.05, 0.1) is 5.52 Å². The van der Waals surface area contributed by atoms with Crippen LogP contribution >= 0.6 is 0 Å². The Bertz CT molecular complexity index is 762. The third-order valence-electron chi connectivity index (χ3n) is 5.04. The van der Waals surface area contributed by atoms with Gasteiger partial charge in [-0.15, -0.1) is 0 Å². The molecule has 0 unspecified atom stereocenters. The number of fused-ring (bicyclic) bond motifs is 1. The standard InChI is InChI=1S/C18H20N4O2/c23-16-9-10-17(24)22(16)13-7-5-12(6-8-13)21-18-14-3-1-2-4-15(14)19-11-20-18/h1-4,11-13H,5-10H2,(H,19,20,21). The minimum atomic E-state index is -0.00166. The molecular formula is C18H20N4O2. The molecule has 2 aromatic rings. The van der Waals surface area contributed by atoms with Crippen molar-refractivity contribution < 1.29 is 9.59 Å². The fourth-order valence-electron chi connectivity index (χ4n) is 3.79. The number of nitrogens with zero attached hydrogens (tertiary/aromatic N) is 3. The van der Waals surface area contributed by atoms with E-state index in [1.54, 1.807) is 6.33 Å². The molecule has 2 amide bonds. The summed E-state index contributed by atoms with van der Waals surface area (Å²) in [6.07, 6.45) is 5.92. The molecule has 1 aliphatic carbocycles. The zero-order chi connectivity index (χ0) is 16.5. The largest absolute Gasteiger partial charge is 0.367 e. The third-order valence-corrected chi connectivity index (χ3v) is 5.04. The quantitative estimate of drug-likeness (QED) is 0.878. The Hall–Kier alpha value is -2.50. The lowest BCUT2D eigenvalue weighted by atomic mass is 9.90. The lowest BCUT2D eigenvalue weighted by Crippen LogP contribution is -2.43. The number of imide groups is 1. The molecule has 0 atom stereocenters. The first-order valence-corrected chi connectivity index (χ1v) is 8.53. The van der Waals surface area contributed by atoms with Gasteiger partial charge in [-0.05, 0) is 37.8 Å². The second kappa shape index (κ2) is 6.19. The van der Waals surface area contributed by atoms with Gasteiger partial charge in [0.1, 0.15) is 12.1 Å². The molecule has 0 spiro atoms. The van der Waals surface area contributed by atoms with Crippen molar-refractivity contribution in [2.45, 2.75) is 50.6 Å². The normalized spacial score (nSPS) is 24.6. The van der Waals surface area contributed by atoms with Crippen LogP contribution in [0, 0.1) is 0 Å². The van der Waals surface area contributed by atoms with Gasteiger partial charge in [-0.2, -0.15) is 0 Å². The van der Waals surface area contributed by atoms with Crippen molar-refractivity contribution in [3.05, 3.63) is 30.6 Å². The van der Waals surface area contributed by atoms with Crippen molar-refractivity contribution in [2.24, 2.45) is 0 Å². The van der Waals surface area contributed by atoms with Crippen LogP contribution in [0.1, 0.15) is 38.5 Å². The monoisotopic (exact) mass is 324 g/mol. The average molecular weight is 324 g/mol. The van der Waals surface area contributed by atoms with Gasteiger partial charge >= 0.3 is 0 Å². The van der Waals surface area contributed by atoms with Crippen LogP contribution < -0.4 is 5.32 Å². The maximum Gasteiger partial charge on any atom is 0.229 e. The zero-order valence-electron chi connectivity index (χ0n) is 13.4. The third kappa shape index (κ3) is 2.72. The number of para-hydroxylation sites is 1. The first-order valence-electron chi connectivity index (χ1n) is 8.53. The molecular weight excluding hydrogens is 304 g/mol. The number of amides is 2. The second-order valence-electron chi connectivity index (χ2n) is 6.55. The Labute approximate surface area is 140 Å². The maximum atomic E-state index is 11.9. The van der Waals surface area contributed by atoms with Gasteiger partial charge in [0.2, 0.25) is 11.8 Å². The molecule has 2 aliphatic rings. The molecule has 1 saturated carbocycles. The van der Waals surface area contributed by atoms with E-state index in [0.29, 0.717) is 18.9 Å². The molecule has 0 radical (unpaired) electrons. The predicted octanol–water partition coefficient (Wildman–Crippen LogP) is 2.50. The van der Waals surface area contributed by atoms with Gasteiger partial charge in [-0.1, -0.05) is 12.1 Å². The molecule has 6 heteroatoms. The number of carbonyl (C=O) groups excluding carboxylic acids is 2. The first kappa shape index (κ1) is 15.1. The molecule has 1 saturated heterocycles. The van der Waals surface area contributed by atoms with Crippen molar-refractivity contribution in [3.63, 3.8) is 0 Å². The van der Waals surface area contributed by atoms with E-state index in [1.807, 2.05) is 24.3 Å². The second-order valence-corrected chi connectivity index (χ2v) is 6.55. The first-order chi connectivity index (χ1) is 11.7. The number of rotatable bonds is 3. The summed E-state index contributed by atoms with van der Waals surface area (Å²) >= 11 is 0. The SMILES string of the molecule is O=C1CCC(=O)N1C1CCC(Nc2ncnc3ccccc23)CC1. The van der Waals surface area contributed by atoms with Crippen LogP contribution in [-0.2, 0) is 9.59 Å². The van der Waals surface area contributed by atoms with E-state index in [2.05, 4.69) is 15.3 Å². The highest BCUT2D eigenvalue weighted by atomic mass is 16.2. The summed E-state index contributed by atoms with van der Waals surface area (Å²) in [7, 11) is 0. The molecule has 124 valence electrons. The topological polar surface area (TPSA) is 75.2 Å². The number of hydrogen-bond acceptors (Lipinski definition) is 5. The average Bonchev–Trinajstić information content (AvgIpc) is 2.95. The van der Waals surface area contributed by atoms with Crippen molar-refractivity contribution in [1.82, 2.24) is 14.9 Å². The Kier molecular flexibility index (Phi) is 3.88. The van der Waals surface area contributed by atoms with Crippen LogP contribution in [-0.4, -0.2) is 38.8 Å². The number of likely N-dealkylation sites (tertiary alicyclic amines) is 1. The van der Waals surface area contributed by atoms with Crippen LogP contribution in [0.25, 0.3) is 10.9 Å².